The molecule has 3 heterocycles. The smallest absolute Gasteiger partial charge is 0.354 e. The second-order valence-corrected chi connectivity index (χ2v) is 11.7. The molecule has 1 unspecified atom stereocenters. The molecule has 0 spiro atoms. The third-order valence-corrected chi connectivity index (χ3v) is 9.34. The van der Waals surface area contributed by atoms with Gasteiger partial charge in [0.05, 0.1) is 24.9 Å². The van der Waals surface area contributed by atoms with Crippen molar-refractivity contribution in [1.82, 2.24) is 14.7 Å². The van der Waals surface area contributed by atoms with Gasteiger partial charge in [0.15, 0.2) is 9.92 Å². The first-order valence-corrected chi connectivity index (χ1v) is 13.9. The molecule has 0 radical (unpaired) electrons. The van der Waals surface area contributed by atoms with E-state index < -0.39 is 15.9 Å². The minimum Gasteiger partial charge on any atom is -0.475 e. The van der Waals surface area contributed by atoms with E-state index in [-0.39, 0.29) is 17.0 Å². The lowest BCUT2D eigenvalue weighted by molar-refractivity contribution is -0.0687. The van der Waals surface area contributed by atoms with Crippen molar-refractivity contribution in [3.63, 3.8) is 0 Å². The molecule has 1 aromatic heterocycles. The number of nitrogens with zero attached hydrogens (tertiary/aromatic N) is 4. The lowest BCUT2D eigenvalue weighted by Gasteiger charge is -2.44. The molecule has 4 aliphatic rings. The molecule has 3 N–H and O–H groups in total. The molecule has 11 heteroatoms. The normalized spacial score (nSPS) is 23.0. The highest BCUT2D eigenvalue weighted by Crippen LogP contribution is 2.41. The highest BCUT2D eigenvalue weighted by Gasteiger charge is 2.37. The summed E-state index contributed by atoms with van der Waals surface area (Å²) >= 11 is 0. The molecule has 2 aromatic rings. The molecule has 2 aliphatic carbocycles. The molecule has 6 rings (SSSR count). The molecule has 2 amide bonds. The third kappa shape index (κ3) is 3.85. The Morgan fingerprint density at radius 1 is 1.17 bits per heavy atom. The average Bonchev–Trinajstić information content (AvgIpc) is 3.55. The van der Waals surface area contributed by atoms with Crippen LogP contribution in [0.1, 0.15) is 40.7 Å². The standard InChI is InChI=1S/C24H32N6O4S/c1-14-17-5-3-7-19(17)22(20-8-4-6-18(14)20)27-24(31)28-35(25,32)21-9-26-30-10-15(13-34-23(21)30)29-11-16(12-29)33-2/h9,15-16H,3-8,10-13H2,1-2H3,(H3,25,27,28,31,32)/t15-,35?/m0/s1. The SMILES string of the molecule is COC1CN([C@@H]2COc3c(S(N)(=O)=NC(=O)Nc4c5c(c(C)c6c4CCC6)CCC5)cnn3C2)C1. The number of rotatable bonds is 4. The summed E-state index contributed by atoms with van der Waals surface area (Å²) in [5, 5.41) is 13.4. The van der Waals surface area contributed by atoms with Crippen LogP contribution in [0.15, 0.2) is 15.5 Å². The molecule has 2 atom stereocenters. The first-order valence-electron chi connectivity index (χ1n) is 12.3. The van der Waals surface area contributed by atoms with Crippen LogP contribution in [0.2, 0.25) is 0 Å². The summed E-state index contributed by atoms with van der Waals surface area (Å²) in [6, 6.07) is -0.536. The van der Waals surface area contributed by atoms with E-state index in [4.69, 9.17) is 14.6 Å². The molecule has 0 saturated carbocycles. The zero-order chi connectivity index (χ0) is 24.3. The number of urea groups is 1. The van der Waals surface area contributed by atoms with Crippen LogP contribution in [0, 0.1) is 6.92 Å². The number of nitrogens with one attached hydrogen (secondary N) is 1. The summed E-state index contributed by atoms with van der Waals surface area (Å²) in [5.74, 6) is 0.325. The van der Waals surface area contributed by atoms with Crippen LogP contribution >= 0.6 is 0 Å². The van der Waals surface area contributed by atoms with E-state index in [0.29, 0.717) is 19.0 Å². The van der Waals surface area contributed by atoms with Crippen LogP contribution in [0.3, 0.4) is 0 Å². The Balaban J connectivity index is 1.24. The Kier molecular flexibility index (Phi) is 5.63. The van der Waals surface area contributed by atoms with Crippen LogP contribution in [-0.2, 0) is 46.9 Å². The van der Waals surface area contributed by atoms with Gasteiger partial charge in [0, 0.05) is 25.9 Å². The van der Waals surface area contributed by atoms with Crippen molar-refractivity contribution in [1.29, 1.82) is 0 Å². The van der Waals surface area contributed by atoms with E-state index in [1.807, 2.05) is 0 Å². The molecule has 35 heavy (non-hydrogen) atoms. The van der Waals surface area contributed by atoms with Crippen molar-refractivity contribution >= 4 is 21.6 Å². The van der Waals surface area contributed by atoms with Gasteiger partial charge in [-0.2, -0.15) is 5.10 Å². The van der Waals surface area contributed by atoms with Gasteiger partial charge < -0.3 is 14.8 Å². The second-order valence-electron chi connectivity index (χ2n) is 9.98. The molecule has 1 aromatic carbocycles. The van der Waals surface area contributed by atoms with Gasteiger partial charge in [0.2, 0.25) is 5.88 Å². The maximum Gasteiger partial charge on any atom is 0.354 e. The van der Waals surface area contributed by atoms with E-state index in [9.17, 15) is 9.00 Å². The summed E-state index contributed by atoms with van der Waals surface area (Å²) < 4.78 is 30.2. The van der Waals surface area contributed by atoms with Crippen molar-refractivity contribution in [2.75, 3.05) is 32.1 Å². The highest BCUT2D eigenvalue weighted by atomic mass is 32.2. The monoisotopic (exact) mass is 500 g/mol. The number of methoxy groups -OCH3 is 1. The quantitative estimate of drug-likeness (QED) is 0.663. The van der Waals surface area contributed by atoms with Crippen molar-refractivity contribution in [2.45, 2.75) is 69.0 Å². The molecule has 2 aliphatic heterocycles. The van der Waals surface area contributed by atoms with Gasteiger partial charge >= 0.3 is 6.03 Å². The van der Waals surface area contributed by atoms with Crippen LogP contribution in [0.25, 0.3) is 0 Å². The van der Waals surface area contributed by atoms with Crippen LogP contribution in [-0.4, -0.2) is 63.9 Å². The Morgan fingerprint density at radius 3 is 2.49 bits per heavy atom. The number of hydrogen-bond acceptors (Lipinski definition) is 6. The Labute approximate surface area is 205 Å². The molecule has 1 saturated heterocycles. The number of fused-ring (bicyclic) bond motifs is 3. The summed E-state index contributed by atoms with van der Waals surface area (Å²) in [6.45, 7) is 4.92. The van der Waals surface area contributed by atoms with Crippen molar-refractivity contribution in [2.24, 2.45) is 9.50 Å². The summed E-state index contributed by atoms with van der Waals surface area (Å²) in [4.78, 5) is 15.4. The minimum atomic E-state index is -3.54. The number of anilines is 1. The van der Waals surface area contributed by atoms with Crippen LogP contribution in [0.4, 0.5) is 10.5 Å². The zero-order valence-electron chi connectivity index (χ0n) is 20.2. The molecular weight excluding hydrogens is 468 g/mol. The van der Waals surface area contributed by atoms with E-state index in [1.165, 1.54) is 34.0 Å². The summed E-state index contributed by atoms with van der Waals surface area (Å²) in [7, 11) is -1.82. The number of amides is 2. The largest absolute Gasteiger partial charge is 0.475 e. The van der Waals surface area contributed by atoms with Crippen molar-refractivity contribution in [3.05, 3.63) is 34.0 Å². The van der Waals surface area contributed by atoms with E-state index in [2.05, 4.69) is 26.6 Å². The van der Waals surface area contributed by atoms with Gasteiger partial charge in [-0.15, -0.1) is 4.36 Å². The number of carbonyl (C=O) groups excluding carboxylic acids is 1. The topological polar surface area (TPSA) is 124 Å². The van der Waals surface area contributed by atoms with Crippen molar-refractivity contribution in [3.8, 4) is 5.88 Å². The van der Waals surface area contributed by atoms with Crippen molar-refractivity contribution < 1.29 is 18.5 Å². The fraction of sp³-hybridized carbons (Fsp3) is 0.583. The number of carbonyl (C=O) groups is 1. The minimum absolute atomic E-state index is 0.154. The Hall–Kier alpha value is -2.47. The van der Waals surface area contributed by atoms with Crippen LogP contribution in [0.5, 0.6) is 5.88 Å². The van der Waals surface area contributed by atoms with Gasteiger partial charge in [0.25, 0.3) is 0 Å². The zero-order valence-corrected chi connectivity index (χ0v) is 21.0. The first-order chi connectivity index (χ1) is 16.9. The fourth-order valence-corrected chi connectivity index (χ4v) is 7.09. The maximum atomic E-state index is 13.4. The molecular formula is C24H32N6O4S. The molecule has 10 nitrogen and oxygen atoms in total. The van der Waals surface area contributed by atoms with Crippen LogP contribution < -0.4 is 15.2 Å². The summed E-state index contributed by atoms with van der Waals surface area (Å²) in [6.07, 6.45) is 7.76. The Bertz CT molecular complexity index is 1290. The molecule has 0 bridgehead atoms. The van der Waals surface area contributed by atoms with E-state index in [1.54, 1.807) is 11.8 Å². The van der Waals surface area contributed by atoms with Gasteiger partial charge in [-0.3, -0.25) is 4.90 Å². The second kappa shape index (κ2) is 8.58. The fourth-order valence-electron chi connectivity index (χ4n) is 6.08. The number of aromatic nitrogens is 2. The van der Waals surface area contributed by atoms with Gasteiger partial charge in [0.1, 0.15) is 11.5 Å². The number of nitrogens with two attached hydrogens (primary N) is 1. The van der Waals surface area contributed by atoms with Gasteiger partial charge in [-0.1, -0.05) is 0 Å². The lowest BCUT2D eigenvalue weighted by Crippen LogP contribution is -2.59. The average molecular weight is 501 g/mol. The predicted molar refractivity (Wildman–Crippen MR) is 131 cm³/mol. The lowest BCUT2D eigenvalue weighted by atomic mass is 9.93. The highest BCUT2D eigenvalue weighted by molar-refractivity contribution is 7.91. The number of benzene rings is 1. The van der Waals surface area contributed by atoms with E-state index >= 15 is 0 Å². The molecule has 1 fully saturated rings. The van der Waals surface area contributed by atoms with Gasteiger partial charge in [-0.25, -0.2) is 18.8 Å². The van der Waals surface area contributed by atoms with E-state index in [0.717, 1.165) is 57.3 Å². The number of ether oxygens (including phenoxy) is 2. The molecule has 188 valence electrons. The number of hydrogen-bond donors (Lipinski definition) is 2. The Morgan fingerprint density at radius 2 is 1.83 bits per heavy atom. The third-order valence-electron chi connectivity index (χ3n) is 7.99. The first kappa shape index (κ1) is 23.0. The predicted octanol–water partition coefficient (Wildman–Crippen LogP) is 2.19. The summed E-state index contributed by atoms with van der Waals surface area (Å²) in [5.41, 5.74) is 7.34. The van der Waals surface area contributed by atoms with Gasteiger partial charge in [-0.05, 0) is 73.3 Å². The number of likely N-dealkylation sites (tertiary alicyclic amines) is 1. The maximum absolute atomic E-state index is 13.4.